The van der Waals surface area contributed by atoms with Crippen LogP contribution in [0.3, 0.4) is 0 Å². The molecule has 0 saturated carbocycles. The van der Waals surface area contributed by atoms with Gasteiger partial charge in [0.1, 0.15) is 17.6 Å². The normalized spacial score (nSPS) is 12.3. The van der Waals surface area contributed by atoms with Gasteiger partial charge in [-0.25, -0.2) is 9.78 Å². The van der Waals surface area contributed by atoms with Crippen molar-refractivity contribution in [2.45, 2.75) is 19.3 Å². The lowest BCUT2D eigenvalue weighted by Crippen LogP contribution is -2.22. The van der Waals surface area contributed by atoms with Crippen molar-refractivity contribution in [2.75, 3.05) is 21.2 Å². The van der Waals surface area contributed by atoms with E-state index in [4.69, 9.17) is 0 Å². The number of aromatic amines is 1. The number of hydrogen-bond donors (Lipinski definition) is 1. The summed E-state index contributed by atoms with van der Waals surface area (Å²) in [5.74, 6) is -1.24. The van der Waals surface area contributed by atoms with Gasteiger partial charge in [0.05, 0.1) is 12.6 Å². The number of esters is 1. The molecule has 2 heterocycles. The van der Waals surface area contributed by atoms with Crippen molar-refractivity contribution in [2.24, 2.45) is 0 Å². The van der Waals surface area contributed by atoms with E-state index in [0.29, 0.717) is 11.9 Å². The molecule has 0 aliphatic carbocycles. The van der Waals surface area contributed by atoms with E-state index in [9.17, 15) is 22.8 Å². The third-order valence-corrected chi connectivity index (χ3v) is 3.99. The fraction of sp³-hybridized carbons (Fsp3) is 0.353. The van der Waals surface area contributed by atoms with Crippen LogP contribution in [0, 0.1) is 0 Å². The topological polar surface area (TPSA) is 80.2 Å². The number of halogens is 3. The van der Waals surface area contributed by atoms with Crippen LogP contribution in [0.1, 0.15) is 16.2 Å². The first kappa shape index (κ1) is 18.9. The summed E-state index contributed by atoms with van der Waals surface area (Å²) < 4.78 is 44.7. The fourth-order valence-corrected chi connectivity index (χ4v) is 3.03. The highest BCUT2D eigenvalue weighted by Gasteiger charge is 2.31. The van der Waals surface area contributed by atoms with Crippen molar-refractivity contribution in [1.82, 2.24) is 19.4 Å². The summed E-state index contributed by atoms with van der Waals surface area (Å²) in [6.07, 6.45) is -4.53. The van der Waals surface area contributed by atoms with Gasteiger partial charge in [0, 0.05) is 11.9 Å². The molecular formula is C17H17F3N4O3. The molecule has 0 saturated heterocycles. The monoisotopic (exact) mass is 382 g/mol. The zero-order valence-corrected chi connectivity index (χ0v) is 14.8. The third-order valence-electron chi connectivity index (χ3n) is 3.99. The molecule has 2 aromatic heterocycles. The molecule has 0 fully saturated rings. The number of ether oxygens (including phenoxy) is 1. The molecule has 0 radical (unpaired) electrons. The third kappa shape index (κ3) is 3.65. The number of nitrogens with one attached hydrogen (secondary N) is 1. The zero-order chi connectivity index (χ0) is 19.9. The van der Waals surface area contributed by atoms with Gasteiger partial charge in [-0.15, -0.1) is 0 Å². The molecule has 0 atom stereocenters. The van der Waals surface area contributed by atoms with Gasteiger partial charge in [0.25, 0.3) is 5.56 Å². The zero-order valence-electron chi connectivity index (χ0n) is 14.8. The minimum atomic E-state index is -4.53. The Labute approximate surface area is 151 Å². The Morgan fingerprint density at radius 2 is 2.04 bits per heavy atom. The molecular weight excluding hydrogens is 365 g/mol. The Morgan fingerprint density at radius 1 is 1.33 bits per heavy atom. The van der Waals surface area contributed by atoms with Crippen molar-refractivity contribution in [3.8, 4) is 0 Å². The SMILES string of the molecule is COC(=O)c1nc2c3cc(CN(C)C)ccc3n(CC(F)(F)F)c2c(=O)[nH]1. The van der Waals surface area contributed by atoms with E-state index >= 15 is 0 Å². The fourth-order valence-electron chi connectivity index (χ4n) is 3.03. The van der Waals surface area contributed by atoms with Crippen LogP contribution < -0.4 is 5.56 Å². The van der Waals surface area contributed by atoms with Gasteiger partial charge in [0.2, 0.25) is 5.82 Å². The molecule has 0 aliphatic heterocycles. The van der Waals surface area contributed by atoms with E-state index in [-0.39, 0.29) is 22.4 Å². The van der Waals surface area contributed by atoms with Crippen LogP contribution in [-0.2, 0) is 17.8 Å². The quantitative estimate of drug-likeness (QED) is 0.701. The number of methoxy groups -OCH3 is 1. The molecule has 10 heteroatoms. The summed E-state index contributed by atoms with van der Waals surface area (Å²) in [6.45, 7) is -0.794. The number of carbonyl (C=O) groups is 1. The van der Waals surface area contributed by atoms with Gasteiger partial charge < -0.3 is 14.2 Å². The van der Waals surface area contributed by atoms with Crippen molar-refractivity contribution in [3.05, 3.63) is 39.9 Å². The molecule has 3 rings (SSSR count). The van der Waals surface area contributed by atoms with Gasteiger partial charge in [-0.3, -0.25) is 9.78 Å². The van der Waals surface area contributed by atoms with Crippen molar-refractivity contribution >= 4 is 27.9 Å². The van der Waals surface area contributed by atoms with Crippen LogP contribution >= 0.6 is 0 Å². The Bertz CT molecular complexity index is 1080. The molecule has 0 spiro atoms. The minimum Gasteiger partial charge on any atom is -0.463 e. The van der Waals surface area contributed by atoms with E-state index < -0.39 is 24.2 Å². The second-order valence-corrected chi connectivity index (χ2v) is 6.39. The molecule has 0 unspecified atom stereocenters. The van der Waals surface area contributed by atoms with Crippen LogP contribution in [0.15, 0.2) is 23.0 Å². The number of alkyl halides is 3. The summed E-state index contributed by atoms with van der Waals surface area (Å²) in [7, 11) is 4.83. The predicted octanol–water partition coefficient (Wildman–Crippen LogP) is 2.29. The highest BCUT2D eigenvalue weighted by molar-refractivity contribution is 6.06. The molecule has 27 heavy (non-hydrogen) atoms. The van der Waals surface area contributed by atoms with Gasteiger partial charge in [-0.1, -0.05) is 6.07 Å². The second kappa shape index (κ2) is 6.69. The Balaban J connectivity index is 2.38. The Kier molecular flexibility index (Phi) is 4.68. The number of hydrogen-bond acceptors (Lipinski definition) is 5. The molecule has 3 aromatic rings. The van der Waals surface area contributed by atoms with Crippen molar-refractivity contribution in [3.63, 3.8) is 0 Å². The number of rotatable bonds is 4. The maximum absolute atomic E-state index is 13.1. The van der Waals surface area contributed by atoms with Crippen LogP contribution in [0.25, 0.3) is 21.9 Å². The number of H-pyrrole nitrogens is 1. The molecule has 0 amide bonds. The van der Waals surface area contributed by atoms with Crippen molar-refractivity contribution < 1.29 is 22.7 Å². The van der Waals surface area contributed by atoms with E-state index in [1.807, 2.05) is 19.0 Å². The summed E-state index contributed by atoms with van der Waals surface area (Å²) in [4.78, 5) is 32.4. The number of benzene rings is 1. The van der Waals surface area contributed by atoms with Gasteiger partial charge in [-0.2, -0.15) is 13.2 Å². The highest BCUT2D eigenvalue weighted by Crippen LogP contribution is 2.30. The second-order valence-electron chi connectivity index (χ2n) is 6.39. The van der Waals surface area contributed by atoms with Crippen molar-refractivity contribution in [1.29, 1.82) is 0 Å². The van der Waals surface area contributed by atoms with E-state index in [1.54, 1.807) is 12.1 Å². The summed E-state index contributed by atoms with van der Waals surface area (Å²) in [5.41, 5.74) is -0.00361. The number of aromatic nitrogens is 3. The van der Waals surface area contributed by atoms with Crippen LogP contribution in [0.4, 0.5) is 13.2 Å². The van der Waals surface area contributed by atoms with Gasteiger partial charge in [-0.05, 0) is 31.8 Å². The van der Waals surface area contributed by atoms with E-state index in [2.05, 4.69) is 14.7 Å². The number of nitrogens with zero attached hydrogens (tertiary/aromatic N) is 3. The molecule has 7 nitrogen and oxygen atoms in total. The maximum Gasteiger partial charge on any atom is 0.406 e. The first-order valence-corrected chi connectivity index (χ1v) is 7.95. The standard InChI is InChI=1S/C17H17F3N4O3/c1-23(2)7-9-4-5-11-10(6-9)12-13(24(11)8-17(18,19)20)15(25)22-14(21-12)16(26)27-3/h4-6H,7-8H2,1-3H3,(H,21,22,25). The minimum absolute atomic E-state index is 0.0269. The summed E-state index contributed by atoms with van der Waals surface area (Å²) >= 11 is 0. The first-order chi connectivity index (χ1) is 12.6. The lowest BCUT2D eigenvalue weighted by atomic mass is 10.1. The van der Waals surface area contributed by atoms with Gasteiger partial charge >= 0.3 is 12.1 Å². The lowest BCUT2D eigenvalue weighted by molar-refractivity contribution is -0.139. The van der Waals surface area contributed by atoms with Crippen LogP contribution in [-0.4, -0.2) is 52.8 Å². The summed E-state index contributed by atoms with van der Waals surface area (Å²) in [6, 6.07) is 4.90. The largest absolute Gasteiger partial charge is 0.463 e. The van der Waals surface area contributed by atoms with Crippen LogP contribution in [0.2, 0.25) is 0 Å². The smallest absolute Gasteiger partial charge is 0.406 e. The highest BCUT2D eigenvalue weighted by atomic mass is 19.4. The Hall–Kier alpha value is -2.88. The predicted molar refractivity (Wildman–Crippen MR) is 92.6 cm³/mol. The molecule has 1 N–H and O–H groups in total. The molecule has 0 aliphatic rings. The van der Waals surface area contributed by atoms with E-state index in [1.165, 1.54) is 6.07 Å². The molecule has 0 bridgehead atoms. The molecule has 1 aromatic carbocycles. The number of fused-ring (bicyclic) bond motifs is 3. The number of carbonyl (C=O) groups excluding carboxylic acids is 1. The Morgan fingerprint density at radius 3 is 2.63 bits per heavy atom. The average molecular weight is 382 g/mol. The molecule has 144 valence electrons. The first-order valence-electron chi connectivity index (χ1n) is 7.95. The summed E-state index contributed by atoms with van der Waals surface area (Å²) in [5, 5.41) is 0.366. The lowest BCUT2D eigenvalue weighted by Gasteiger charge is -2.11. The maximum atomic E-state index is 13.1. The average Bonchev–Trinajstić information content (AvgIpc) is 2.86. The van der Waals surface area contributed by atoms with E-state index in [0.717, 1.165) is 17.2 Å². The van der Waals surface area contributed by atoms with Gasteiger partial charge in [0.15, 0.2) is 0 Å². The van der Waals surface area contributed by atoms with Crippen LogP contribution in [0.5, 0.6) is 0 Å².